The van der Waals surface area contributed by atoms with Gasteiger partial charge < -0.3 is 10.6 Å². The van der Waals surface area contributed by atoms with E-state index in [-0.39, 0.29) is 0 Å². The SMILES string of the molecule is CCCc1cc(NCc2ccccc2)nc(Nc2ccccc2)n1. The number of nitrogens with zero attached hydrogens (tertiary/aromatic N) is 2. The first kappa shape index (κ1) is 16.0. The molecule has 122 valence electrons. The van der Waals surface area contributed by atoms with E-state index in [0.717, 1.165) is 36.6 Å². The molecular weight excluding hydrogens is 296 g/mol. The van der Waals surface area contributed by atoms with Crippen molar-refractivity contribution in [3.05, 3.63) is 78.0 Å². The van der Waals surface area contributed by atoms with E-state index < -0.39 is 0 Å². The molecule has 3 rings (SSSR count). The third-order valence-corrected chi connectivity index (χ3v) is 3.63. The Hall–Kier alpha value is -2.88. The smallest absolute Gasteiger partial charge is 0.229 e. The molecule has 0 spiro atoms. The number of aryl methyl sites for hydroxylation is 1. The normalized spacial score (nSPS) is 10.4. The van der Waals surface area contributed by atoms with Crippen LogP contribution in [0.15, 0.2) is 66.7 Å². The van der Waals surface area contributed by atoms with Crippen molar-refractivity contribution in [1.29, 1.82) is 0 Å². The van der Waals surface area contributed by atoms with Crippen molar-refractivity contribution in [2.45, 2.75) is 26.3 Å². The molecule has 0 aliphatic carbocycles. The van der Waals surface area contributed by atoms with Crippen LogP contribution in [0.25, 0.3) is 0 Å². The fourth-order valence-electron chi connectivity index (χ4n) is 2.47. The maximum atomic E-state index is 4.61. The minimum atomic E-state index is 0.628. The molecule has 0 saturated carbocycles. The lowest BCUT2D eigenvalue weighted by atomic mass is 10.2. The summed E-state index contributed by atoms with van der Waals surface area (Å²) in [6.07, 6.45) is 1.99. The number of hydrogen-bond acceptors (Lipinski definition) is 4. The third-order valence-electron chi connectivity index (χ3n) is 3.63. The Morgan fingerprint density at radius 2 is 1.58 bits per heavy atom. The van der Waals surface area contributed by atoms with E-state index in [0.29, 0.717) is 5.95 Å². The van der Waals surface area contributed by atoms with Crippen LogP contribution >= 0.6 is 0 Å². The Morgan fingerprint density at radius 1 is 0.875 bits per heavy atom. The first-order valence-electron chi connectivity index (χ1n) is 8.31. The molecule has 4 heteroatoms. The summed E-state index contributed by atoms with van der Waals surface area (Å²) >= 11 is 0. The van der Waals surface area contributed by atoms with Gasteiger partial charge in [-0.3, -0.25) is 0 Å². The van der Waals surface area contributed by atoms with Crippen LogP contribution in [0.2, 0.25) is 0 Å². The maximum Gasteiger partial charge on any atom is 0.229 e. The first-order chi connectivity index (χ1) is 11.8. The number of hydrogen-bond donors (Lipinski definition) is 2. The fraction of sp³-hybridized carbons (Fsp3) is 0.200. The fourth-order valence-corrected chi connectivity index (χ4v) is 2.47. The Labute approximate surface area is 143 Å². The van der Waals surface area contributed by atoms with Gasteiger partial charge in [0.25, 0.3) is 0 Å². The molecule has 4 nitrogen and oxygen atoms in total. The van der Waals surface area contributed by atoms with Crippen LogP contribution in [-0.2, 0) is 13.0 Å². The molecule has 0 unspecified atom stereocenters. The highest BCUT2D eigenvalue weighted by Gasteiger charge is 2.05. The average molecular weight is 318 g/mol. The van der Waals surface area contributed by atoms with Gasteiger partial charge in [-0.05, 0) is 24.1 Å². The van der Waals surface area contributed by atoms with Gasteiger partial charge in [-0.25, -0.2) is 4.98 Å². The van der Waals surface area contributed by atoms with Gasteiger partial charge in [0.1, 0.15) is 5.82 Å². The molecule has 1 aromatic heterocycles. The van der Waals surface area contributed by atoms with E-state index >= 15 is 0 Å². The van der Waals surface area contributed by atoms with Gasteiger partial charge in [0, 0.05) is 24.0 Å². The van der Waals surface area contributed by atoms with E-state index in [1.54, 1.807) is 0 Å². The van der Waals surface area contributed by atoms with Crippen molar-refractivity contribution in [3.8, 4) is 0 Å². The molecule has 0 bridgehead atoms. The molecule has 3 aromatic rings. The zero-order valence-electron chi connectivity index (χ0n) is 13.9. The lowest BCUT2D eigenvalue weighted by Gasteiger charge is -2.11. The van der Waals surface area contributed by atoms with Crippen molar-refractivity contribution in [2.24, 2.45) is 0 Å². The van der Waals surface area contributed by atoms with Crippen LogP contribution in [0, 0.1) is 0 Å². The molecule has 2 N–H and O–H groups in total. The number of nitrogens with one attached hydrogen (secondary N) is 2. The van der Waals surface area contributed by atoms with Crippen LogP contribution in [0.1, 0.15) is 24.6 Å². The van der Waals surface area contributed by atoms with Gasteiger partial charge in [0.2, 0.25) is 5.95 Å². The summed E-state index contributed by atoms with van der Waals surface area (Å²) in [4.78, 5) is 9.20. The molecule has 0 amide bonds. The van der Waals surface area contributed by atoms with Crippen molar-refractivity contribution in [3.63, 3.8) is 0 Å². The second-order valence-electron chi connectivity index (χ2n) is 5.65. The topological polar surface area (TPSA) is 49.8 Å². The third kappa shape index (κ3) is 4.56. The van der Waals surface area contributed by atoms with Crippen LogP contribution < -0.4 is 10.6 Å². The lowest BCUT2D eigenvalue weighted by molar-refractivity contribution is 0.874. The molecule has 2 aromatic carbocycles. The molecule has 1 heterocycles. The van der Waals surface area contributed by atoms with Crippen LogP contribution in [0.5, 0.6) is 0 Å². The number of rotatable bonds is 7. The zero-order valence-corrected chi connectivity index (χ0v) is 13.9. The summed E-state index contributed by atoms with van der Waals surface area (Å²) in [5.74, 6) is 1.47. The second-order valence-corrected chi connectivity index (χ2v) is 5.65. The predicted molar refractivity (Wildman–Crippen MR) is 99.5 cm³/mol. The van der Waals surface area contributed by atoms with E-state index in [4.69, 9.17) is 0 Å². The Morgan fingerprint density at radius 3 is 2.29 bits per heavy atom. The van der Waals surface area contributed by atoms with Crippen LogP contribution in [0.3, 0.4) is 0 Å². The molecule has 0 aliphatic heterocycles. The highest BCUT2D eigenvalue weighted by molar-refractivity contribution is 5.55. The summed E-state index contributed by atoms with van der Waals surface area (Å²) < 4.78 is 0. The summed E-state index contributed by atoms with van der Waals surface area (Å²) in [5.41, 5.74) is 3.26. The molecule has 0 fully saturated rings. The Kier molecular flexibility index (Phi) is 5.40. The quantitative estimate of drug-likeness (QED) is 0.658. The van der Waals surface area contributed by atoms with Gasteiger partial charge >= 0.3 is 0 Å². The van der Waals surface area contributed by atoms with Gasteiger partial charge in [-0.15, -0.1) is 0 Å². The van der Waals surface area contributed by atoms with Gasteiger partial charge in [-0.1, -0.05) is 61.9 Å². The average Bonchev–Trinajstić information content (AvgIpc) is 2.62. The Balaban J connectivity index is 1.77. The summed E-state index contributed by atoms with van der Waals surface area (Å²) in [7, 11) is 0. The minimum Gasteiger partial charge on any atom is -0.366 e. The minimum absolute atomic E-state index is 0.628. The molecular formula is C20H22N4. The summed E-state index contributed by atoms with van der Waals surface area (Å²) in [6, 6.07) is 22.3. The lowest BCUT2D eigenvalue weighted by Crippen LogP contribution is -2.06. The van der Waals surface area contributed by atoms with Crippen molar-refractivity contribution >= 4 is 17.5 Å². The number of para-hydroxylation sites is 1. The predicted octanol–water partition coefficient (Wildman–Crippen LogP) is 4.78. The highest BCUT2D eigenvalue weighted by Crippen LogP contribution is 2.17. The van der Waals surface area contributed by atoms with Gasteiger partial charge in [0.15, 0.2) is 0 Å². The number of anilines is 3. The van der Waals surface area contributed by atoms with Crippen molar-refractivity contribution in [1.82, 2.24) is 9.97 Å². The molecule has 0 aliphatic rings. The molecule has 0 radical (unpaired) electrons. The van der Waals surface area contributed by atoms with Gasteiger partial charge in [0.05, 0.1) is 0 Å². The molecule has 0 saturated heterocycles. The summed E-state index contributed by atoms with van der Waals surface area (Å²) in [5, 5.41) is 6.67. The van der Waals surface area contributed by atoms with Crippen molar-refractivity contribution < 1.29 is 0 Å². The maximum absolute atomic E-state index is 4.61. The van der Waals surface area contributed by atoms with Crippen LogP contribution in [-0.4, -0.2) is 9.97 Å². The highest BCUT2D eigenvalue weighted by atomic mass is 15.1. The van der Waals surface area contributed by atoms with Crippen LogP contribution in [0.4, 0.5) is 17.5 Å². The Bertz CT molecular complexity index is 757. The van der Waals surface area contributed by atoms with Crippen molar-refractivity contribution in [2.75, 3.05) is 10.6 Å². The van der Waals surface area contributed by atoms with Gasteiger partial charge in [-0.2, -0.15) is 4.98 Å². The number of benzene rings is 2. The van der Waals surface area contributed by atoms with E-state index in [1.165, 1.54) is 5.56 Å². The van der Waals surface area contributed by atoms with E-state index in [2.05, 4.69) is 39.7 Å². The summed E-state index contributed by atoms with van der Waals surface area (Å²) in [6.45, 7) is 2.90. The molecule has 24 heavy (non-hydrogen) atoms. The first-order valence-corrected chi connectivity index (χ1v) is 8.31. The van der Waals surface area contributed by atoms with E-state index in [9.17, 15) is 0 Å². The van der Waals surface area contributed by atoms with E-state index in [1.807, 2.05) is 54.6 Å². The standard InChI is InChI=1S/C20H22N4/c1-2-9-18-14-19(21-15-16-10-5-3-6-11-16)24-20(23-18)22-17-12-7-4-8-13-17/h3-8,10-14H,2,9,15H2,1H3,(H2,21,22,23,24). The largest absolute Gasteiger partial charge is 0.366 e. The zero-order chi connectivity index (χ0) is 16.6. The molecule has 0 atom stereocenters. The second kappa shape index (κ2) is 8.11. The number of aromatic nitrogens is 2. The monoisotopic (exact) mass is 318 g/mol.